The van der Waals surface area contributed by atoms with Crippen LogP contribution in [0.1, 0.15) is 0 Å². The molecule has 2 aromatic rings. The van der Waals surface area contributed by atoms with E-state index in [2.05, 4.69) is 5.32 Å². The molecule has 2 amide bonds. The SMILES string of the molecule is O=C(CCl)NCC1CN(c2ccc(N3CCN(c4ccc([N+](=O)[O-])s4)CC3)c(F)c2)C(=O)O1. The summed E-state index contributed by atoms with van der Waals surface area (Å²) in [4.78, 5) is 39.2. The first-order valence-corrected chi connectivity index (χ1v) is 11.6. The van der Waals surface area contributed by atoms with Crippen molar-refractivity contribution < 1.29 is 23.6 Å². The number of rotatable bonds is 7. The number of cyclic esters (lactones) is 1. The second kappa shape index (κ2) is 9.79. The number of nitro groups is 1. The van der Waals surface area contributed by atoms with Crippen molar-refractivity contribution in [3.05, 3.63) is 46.3 Å². The molecule has 0 saturated carbocycles. The number of amides is 2. The van der Waals surface area contributed by atoms with E-state index in [1.165, 1.54) is 17.0 Å². The lowest BCUT2D eigenvalue weighted by molar-refractivity contribution is -0.380. The van der Waals surface area contributed by atoms with E-state index in [4.69, 9.17) is 16.3 Å². The van der Waals surface area contributed by atoms with Crippen LogP contribution in [0.15, 0.2) is 30.3 Å². The number of benzene rings is 1. The molecule has 3 heterocycles. The van der Waals surface area contributed by atoms with E-state index in [-0.39, 0.29) is 29.9 Å². The summed E-state index contributed by atoms with van der Waals surface area (Å²) in [6.45, 7) is 2.63. The van der Waals surface area contributed by atoms with Crippen molar-refractivity contribution in [3.8, 4) is 0 Å². The molecule has 1 aromatic carbocycles. The van der Waals surface area contributed by atoms with E-state index in [1.54, 1.807) is 18.2 Å². The maximum absolute atomic E-state index is 14.9. The second-order valence-electron chi connectivity index (χ2n) is 7.53. The van der Waals surface area contributed by atoms with Gasteiger partial charge < -0.3 is 19.9 Å². The molecule has 4 rings (SSSR count). The van der Waals surface area contributed by atoms with Crippen LogP contribution in [-0.4, -0.2) is 68.2 Å². The molecule has 1 aromatic heterocycles. The van der Waals surface area contributed by atoms with Crippen LogP contribution in [0.25, 0.3) is 0 Å². The molecule has 2 fully saturated rings. The number of nitrogens with zero attached hydrogens (tertiary/aromatic N) is 4. The van der Waals surface area contributed by atoms with E-state index in [0.29, 0.717) is 37.6 Å². The molecule has 1 unspecified atom stereocenters. The Morgan fingerprint density at radius 2 is 1.97 bits per heavy atom. The fourth-order valence-corrected chi connectivity index (χ4v) is 4.75. The topological polar surface area (TPSA) is 108 Å². The molecule has 10 nitrogen and oxygen atoms in total. The number of nitrogens with one attached hydrogen (secondary N) is 1. The van der Waals surface area contributed by atoms with Gasteiger partial charge in [-0.05, 0) is 35.6 Å². The summed E-state index contributed by atoms with van der Waals surface area (Å²) in [5.41, 5.74) is 0.797. The molecule has 1 atom stereocenters. The molecule has 0 bridgehead atoms. The zero-order valence-corrected chi connectivity index (χ0v) is 19.0. The summed E-state index contributed by atoms with van der Waals surface area (Å²) in [6.07, 6.45) is -1.15. The second-order valence-corrected chi connectivity index (χ2v) is 8.84. The fraction of sp³-hybridized carbons (Fsp3) is 0.400. The Bertz CT molecular complexity index is 1060. The van der Waals surface area contributed by atoms with Gasteiger partial charge in [-0.2, -0.15) is 0 Å². The molecule has 1 N–H and O–H groups in total. The van der Waals surface area contributed by atoms with Gasteiger partial charge in [-0.1, -0.05) is 0 Å². The highest BCUT2D eigenvalue weighted by Gasteiger charge is 2.33. The lowest BCUT2D eigenvalue weighted by atomic mass is 10.2. The Kier molecular flexibility index (Phi) is 6.84. The number of carbonyl (C=O) groups is 2. The van der Waals surface area contributed by atoms with Crippen molar-refractivity contribution in [2.24, 2.45) is 0 Å². The number of piperazine rings is 1. The third kappa shape index (κ3) is 5.11. The number of hydrogen-bond donors (Lipinski definition) is 1. The molecule has 33 heavy (non-hydrogen) atoms. The smallest absolute Gasteiger partial charge is 0.414 e. The van der Waals surface area contributed by atoms with Gasteiger partial charge in [-0.3, -0.25) is 19.8 Å². The molecule has 13 heteroatoms. The monoisotopic (exact) mass is 497 g/mol. The number of anilines is 3. The number of alkyl halides is 1. The number of thiophene rings is 1. The van der Waals surface area contributed by atoms with Crippen molar-refractivity contribution >= 4 is 56.3 Å². The first kappa shape index (κ1) is 23.1. The maximum atomic E-state index is 14.9. The van der Waals surface area contributed by atoms with Crippen LogP contribution in [0.2, 0.25) is 0 Å². The van der Waals surface area contributed by atoms with E-state index in [0.717, 1.165) is 16.3 Å². The number of carbonyl (C=O) groups excluding carboxylic acids is 2. The number of ether oxygens (including phenoxy) is 1. The van der Waals surface area contributed by atoms with Gasteiger partial charge in [-0.25, -0.2) is 9.18 Å². The highest BCUT2D eigenvalue weighted by Crippen LogP contribution is 2.33. The van der Waals surface area contributed by atoms with Gasteiger partial charge in [0.25, 0.3) is 0 Å². The summed E-state index contributed by atoms with van der Waals surface area (Å²) in [5.74, 6) is -1.00. The zero-order chi connectivity index (χ0) is 23.5. The van der Waals surface area contributed by atoms with Crippen LogP contribution < -0.4 is 20.0 Å². The lowest BCUT2D eigenvalue weighted by Crippen LogP contribution is -2.46. The molecule has 2 aliphatic heterocycles. The average Bonchev–Trinajstić information content (AvgIpc) is 3.45. The van der Waals surface area contributed by atoms with Crippen molar-refractivity contribution in [3.63, 3.8) is 0 Å². The van der Waals surface area contributed by atoms with Gasteiger partial charge in [-0.15, -0.1) is 11.6 Å². The zero-order valence-electron chi connectivity index (χ0n) is 17.4. The minimum Gasteiger partial charge on any atom is -0.442 e. The van der Waals surface area contributed by atoms with E-state index < -0.39 is 22.9 Å². The molecule has 176 valence electrons. The van der Waals surface area contributed by atoms with Crippen LogP contribution in [0.4, 0.5) is 30.6 Å². The maximum Gasteiger partial charge on any atom is 0.414 e. The van der Waals surface area contributed by atoms with Crippen LogP contribution in [0.5, 0.6) is 0 Å². The first-order chi connectivity index (χ1) is 15.9. The number of halogens is 2. The summed E-state index contributed by atoms with van der Waals surface area (Å²) in [6, 6.07) is 7.81. The van der Waals surface area contributed by atoms with Crippen molar-refractivity contribution in [2.45, 2.75) is 6.10 Å². The summed E-state index contributed by atoms with van der Waals surface area (Å²) < 4.78 is 20.2. The van der Waals surface area contributed by atoms with Gasteiger partial charge in [0.15, 0.2) is 0 Å². The van der Waals surface area contributed by atoms with Gasteiger partial charge in [0, 0.05) is 32.2 Å². The molecule has 0 aliphatic carbocycles. The molecule has 2 aliphatic rings. The van der Waals surface area contributed by atoms with Gasteiger partial charge in [0.05, 0.1) is 34.4 Å². The quantitative estimate of drug-likeness (QED) is 0.356. The highest BCUT2D eigenvalue weighted by molar-refractivity contribution is 7.19. The van der Waals surface area contributed by atoms with E-state index >= 15 is 0 Å². The molecule has 2 saturated heterocycles. The highest BCUT2D eigenvalue weighted by atomic mass is 35.5. The van der Waals surface area contributed by atoms with Gasteiger partial charge in [0.1, 0.15) is 17.8 Å². The Morgan fingerprint density at radius 3 is 2.61 bits per heavy atom. The average molecular weight is 498 g/mol. The van der Waals surface area contributed by atoms with Crippen molar-refractivity contribution in [2.75, 3.05) is 59.8 Å². The lowest BCUT2D eigenvalue weighted by Gasteiger charge is -2.36. The predicted molar refractivity (Wildman–Crippen MR) is 123 cm³/mol. The van der Waals surface area contributed by atoms with Crippen molar-refractivity contribution in [1.29, 1.82) is 0 Å². The van der Waals surface area contributed by atoms with Crippen LogP contribution in [-0.2, 0) is 9.53 Å². The molecular weight excluding hydrogens is 477 g/mol. The Hall–Kier alpha value is -3.12. The minimum absolute atomic E-state index is 0.0955. The van der Waals surface area contributed by atoms with Crippen LogP contribution in [0.3, 0.4) is 0 Å². The Labute approximate surface area is 197 Å². The largest absolute Gasteiger partial charge is 0.442 e. The molecule has 0 spiro atoms. The van der Waals surface area contributed by atoms with E-state index in [9.17, 15) is 24.1 Å². The summed E-state index contributed by atoms with van der Waals surface area (Å²) in [7, 11) is 0. The molecule has 0 radical (unpaired) electrons. The predicted octanol–water partition coefficient (Wildman–Crippen LogP) is 2.80. The van der Waals surface area contributed by atoms with Crippen molar-refractivity contribution in [1.82, 2.24) is 5.32 Å². The summed E-state index contributed by atoms with van der Waals surface area (Å²) >= 11 is 6.56. The van der Waals surface area contributed by atoms with Crippen LogP contribution in [0, 0.1) is 15.9 Å². The van der Waals surface area contributed by atoms with Gasteiger partial charge in [0.2, 0.25) is 5.91 Å². The minimum atomic E-state index is -0.606. The third-order valence-corrected chi connectivity index (χ3v) is 6.80. The first-order valence-electron chi connectivity index (χ1n) is 10.2. The third-order valence-electron chi connectivity index (χ3n) is 5.45. The summed E-state index contributed by atoms with van der Waals surface area (Å²) in [5, 5.41) is 14.4. The number of hydrogen-bond acceptors (Lipinski definition) is 8. The van der Waals surface area contributed by atoms with Crippen LogP contribution >= 0.6 is 22.9 Å². The Morgan fingerprint density at radius 1 is 1.24 bits per heavy atom. The van der Waals surface area contributed by atoms with Gasteiger partial charge >= 0.3 is 11.1 Å². The standard InChI is InChI=1S/C20H21ClFN5O5S/c21-10-17(28)23-11-14-12-26(20(29)32-14)13-1-2-16(15(22)9-13)24-5-7-25(8-6-24)18-3-4-19(33-18)27(30)31/h1-4,9,14H,5-8,10-12H2,(H,23,28). The van der Waals surface area contributed by atoms with E-state index in [1.807, 2.05) is 9.80 Å². The normalized spacial score (nSPS) is 18.4. The molecular formula is C20H21ClFN5O5S. The Balaban J connectivity index is 1.36. The fourth-order valence-electron chi connectivity index (χ4n) is 3.79.